The van der Waals surface area contributed by atoms with Crippen LogP contribution in [0, 0.1) is 0 Å². The number of benzene rings is 1. The fourth-order valence-electron chi connectivity index (χ4n) is 2.44. The quantitative estimate of drug-likeness (QED) is 0.635. The van der Waals surface area contributed by atoms with Gasteiger partial charge in [0.2, 0.25) is 0 Å². The molecular formula is C15H22BrN3O2S. The molecule has 1 heterocycles. The third-order valence-corrected chi connectivity index (χ3v) is 5.98. The van der Waals surface area contributed by atoms with Crippen LogP contribution in [-0.4, -0.2) is 44.7 Å². The molecule has 0 bridgehead atoms. The van der Waals surface area contributed by atoms with Crippen LogP contribution in [0.3, 0.4) is 0 Å². The Kier molecular flexibility index (Phi) is 6.26. The number of hydrogen-bond acceptors (Lipinski definition) is 3. The molecule has 5 nitrogen and oxygen atoms in total. The van der Waals surface area contributed by atoms with E-state index in [1.165, 1.54) is 12.8 Å². The summed E-state index contributed by atoms with van der Waals surface area (Å²) in [6, 6.07) is 6.64. The predicted molar refractivity (Wildman–Crippen MR) is 92.7 cm³/mol. The summed E-state index contributed by atoms with van der Waals surface area (Å²) < 4.78 is 25.3. The van der Waals surface area contributed by atoms with Crippen molar-refractivity contribution in [3.63, 3.8) is 0 Å². The van der Waals surface area contributed by atoms with Gasteiger partial charge in [-0.2, -0.15) is 0 Å². The summed E-state index contributed by atoms with van der Waals surface area (Å²) >= 11 is 3.30. The summed E-state index contributed by atoms with van der Waals surface area (Å²) in [7, 11) is -3.31. The summed E-state index contributed by atoms with van der Waals surface area (Å²) in [5, 5.41) is 0. The molecule has 1 aliphatic heterocycles. The van der Waals surface area contributed by atoms with E-state index >= 15 is 0 Å². The average molecular weight is 388 g/mol. The molecule has 0 radical (unpaired) electrons. The molecule has 1 aliphatic rings. The Bertz CT molecular complexity index is 606. The number of aliphatic imine (C=N–C) groups is 1. The van der Waals surface area contributed by atoms with E-state index in [-0.39, 0.29) is 12.3 Å². The second-order valence-electron chi connectivity index (χ2n) is 5.41. The maximum Gasteiger partial charge on any atom is 0.191 e. The number of likely N-dealkylation sites (tertiary alicyclic amines) is 1. The summed E-state index contributed by atoms with van der Waals surface area (Å²) in [5.74, 6) is 0.441. The van der Waals surface area contributed by atoms with Gasteiger partial charge in [-0.3, -0.25) is 4.99 Å². The monoisotopic (exact) mass is 387 g/mol. The third kappa shape index (κ3) is 4.98. The van der Waals surface area contributed by atoms with Crippen molar-refractivity contribution in [2.24, 2.45) is 10.7 Å². The van der Waals surface area contributed by atoms with Crippen LogP contribution < -0.4 is 5.73 Å². The zero-order valence-corrected chi connectivity index (χ0v) is 14.9. The first-order valence-electron chi connectivity index (χ1n) is 7.52. The predicted octanol–water partition coefficient (Wildman–Crippen LogP) is 2.41. The lowest BCUT2D eigenvalue weighted by molar-refractivity contribution is 0.429. The van der Waals surface area contributed by atoms with Crippen molar-refractivity contribution in [1.29, 1.82) is 0 Å². The molecule has 1 fully saturated rings. The molecule has 0 spiro atoms. The molecule has 0 aliphatic carbocycles. The second-order valence-corrected chi connectivity index (χ2v) is 8.44. The Hall–Kier alpha value is -1.08. The van der Waals surface area contributed by atoms with Crippen molar-refractivity contribution < 1.29 is 8.42 Å². The number of sulfone groups is 1. The first-order valence-corrected chi connectivity index (χ1v) is 9.97. The van der Waals surface area contributed by atoms with E-state index < -0.39 is 9.84 Å². The molecule has 2 N–H and O–H groups in total. The maximum absolute atomic E-state index is 12.2. The molecule has 0 amide bonds. The van der Waals surface area contributed by atoms with Crippen molar-refractivity contribution in [3.8, 4) is 0 Å². The first-order chi connectivity index (χ1) is 10.5. The Labute approximate surface area is 140 Å². The van der Waals surface area contributed by atoms with Crippen molar-refractivity contribution >= 4 is 31.7 Å². The summed E-state index contributed by atoms with van der Waals surface area (Å²) in [6.07, 6.45) is 4.68. The van der Waals surface area contributed by atoms with Crippen molar-refractivity contribution in [3.05, 3.63) is 28.7 Å². The standard InChI is InChI=1S/C15H22BrN3O2S/c16-13-5-7-14(8-6-13)22(20,21)12-9-18-15(17)19-10-3-1-2-4-11-19/h5-8H,1-4,9-12H2,(H2,17,18). The van der Waals surface area contributed by atoms with Crippen LogP contribution in [0.15, 0.2) is 38.6 Å². The number of guanidine groups is 1. The van der Waals surface area contributed by atoms with Gasteiger partial charge in [-0.1, -0.05) is 28.8 Å². The SMILES string of the molecule is NC(=NCCS(=O)(=O)c1ccc(Br)cc1)N1CCCCCC1. The van der Waals surface area contributed by atoms with E-state index in [2.05, 4.69) is 25.8 Å². The molecule has 1 saturated heterocycles. The lowest BCUT2D eigenvalue weighted by atomic mass is 10.2. The molecule has 122 valence electrons. The number of rotatable bonds is 4. The van der Waals surface area contributed by atoms with Crippen LogP contribution in [0.2, 0.25) is 0 Å². The van der Waals surface area contributed by atoms with E-state index in [0.29, 0.717) is 10.9 Å². The highest BCUT2D eigenvalue weighted by molar-refractivity contribution is 9.10. The molecule has 0 unspecified atom stereocenters. The maximum atomic E-state index is 12.2. The third-order valence-electron chi connectivity index (χ3n) is 3.74. The highest BCUT2D eigenvalue weighted by Gasteiger charge is 2.15. The van der Waals surface area contributed by atoms with E-state index in [0.717, 1.165) is 30.4 Å². The van der Waals surface area contributed by atoms with Gasteiger partial charge in [-0.15, -0.1) is 0 Å². The molecular weight excluding hydrogens is 366 g/mol. The number of nitrogens with two attached hydrogens (primary N) is 1. The largest absolute Gasteiger partial charge is 0.370 e. The van der Waals surface area contributed by atoms with Crippen molar-refractivity contribution in [2.45, 2.75) is 30.6 Å². The smallest absolute Gasteiger partial charge is 0.191 e. The van der Waals surface area contributed by atoms with E-state index in [4.69, 9.17) is 5.73 Å². The Morgan fingerprint density at radius 3 is 2.32 bits per heavy atom. The van der Waals surface area contributed by atoms with E-state index in [9.17, 15) is 8.42 Å². The zero-order chi connectivity index (χ0) is 16.0. The molecule has 0 aromatic heterocycles. The van der Waals surface area contributed by atoms with Gasteiger partial charge in [0.25, 0.3) is 0 Å². The summed E-state index contributed by atoms with van der Waals surface area (Å²) in [4.78, 5) is 6.62. The fraction of sp³-hybridized carbons (Fsp3) is 0.533. The number of nitrogens with zero attached hydrogens (tertiary/aromatic N) is 2. The van der Waals surface area contributed by atoms with Crippen LogP contribution in [0.1, 0.15) is 25.7 Å². The van der Waals surface area contributed by atoms with Crippen LogP contribution in [0.5, 0.6) is 0 Å². The van der Waals surface area contributed by atoms with Gasteiger partial charge in [0.1, 0.15) is 0 Å². The molecule has 22 heavy (non-hydrogen) atoms. The average Bonchev–Trinajstić information content (AvgIpc) is 2.76. The normalized spacial score (nSPS) is 17.3. The lowest BCUT2D eigenvalue weighted by Crippen LogP contribution is -2.38. The highest BCUT2D eigenvalue weighted by Crippen LogP contribution is 2.16. The fourth-order valence-corrected chi connectivity index (χ4v) is 3.82. The second kappa shape index (κ2) is 7.97. The molecule has 2 rings (SSSR count). The van der Waals surface area contributed by atoms with Gasteiger partial charge in [-0.25, -0.2) is 8.42 Å². The van der Waals surface area contributed by atoms with Gasteiger partial charge in [0.15, 0.2) is 15.8 Å². The minimum atomic E-state index is -3.31. The Balaban J connectivity index is 1.93. The Morgan fingerprint density at radius 2 is 1.73 bits per heavy atom. The molecule has 0 atom stereocenters. The van der Waals surface area contributed by atoms with Gasteiger partial charge in [0.05, 0.1) is 17.2 Å². The van der Waals surface area contributed by atoms with Gasteiger partial charge >= 0.3 is 0 Å². The van der Waals surface area contributed by atoms with Gasteiger partial charge < -0.3 is 10.6 Å². The molecule has 1 aromatic carbocycles. The molecule has 7 heteroatoms. The van der Waals surface area contributed by atoms with Gasteiger partial charge in [-0.05, 0) is 37.1 Å². The topological polar surface area (TPSA) is 75.8 Å². The van der Waals surface area contributed by atoms with Crippen molar-refractivity contribution in [2.75, 3.05) is 25.4 Å². The van der Waals surface area contributed by atoms with Crippen LogP contribution in [-0.2, 0) is 9.84 Å². The number of hydrogen-bond donors (Lipinski definition) is 1. The number of halogens is 1. The van der Waals surface area contributed by atoms with Gasteiger partial charge in [0, 0.05) is 17.6 Å². The molecule has 0 saturated carbocycles. The van der Waals surface area contributed by atoms with Crippen LogP contribution in [0.4, 0.5) is 0 Å². The first kappa shape index (κ1) is 17.3. The minimum absolute atomic E-state index is 0.0246. The van der Waals surface area contributed by atoms with Crippen LogP contribution >= 0.6 is 15.9 Å². The summed E-state index contributed by atoms with van der Waals surface area (Å²) in [5.41, 5.74) is 5.98. The lowest BCUT2D eigenvalue weighted by Gasteiger charge is -2.21. The van der Waals surface area contributed by atoms with E-state index in [1.807, 2.05) is 0 Å². The zero-order valence-electron chi connectivity index (χ0n) is 12.5. The highest BCUT2D eigenvalue weighted by atomic mass is 79.9. The summed E-state index contributed by atoms with van der Waals surface area (Å²) in [6.45, 7) is 2.02. The van der Waals surface area contributed by atoms with E-state index in [1.54, 1.807) is 24.3 Å². The molecule has 1 aromatic rings. The Morgan fingerprint density at radius 1 is 1.14 bits per heavy atom. The van der Waals surface area contributed by atoms with Crippen LogP contribution in [0.25, 0.3) is 0 Å². The van der Waals surface area contributed by atoms with Crippen molar-refractivity contribution in [1.82, 2.24) is 4.90 Å². The minimum Gasteiger partial charge on any atom is -0.370 e.